The molecule has 110 valence electrons. The first kappa shape index (κ1) is 15.3. The Labute approximate surface area is 130 Å². The number of carbonyl (C=O) groups excluding carboxylic acids is 1. The molecule has 1 heterocycles. The van der Waals surface area contributed by atoms with Crippen LogP contribution in [0.5, 0.6) is 0 Å². The second kappa shape index (κ2) is 6.15. The molecule has 0 aliphatic carbocycles. The van der Waals surface area contributed by atoms with E-state index in [9.17, 15) is 9.59 Å². The van der Waals surface area contributed by atoms with Crippen molar-refractivity contribution in [1.82, 2.24) is 15.1 Å². The molecule has 6 nitrogen and oxygen atoms in total. The van der Waals surface area contributed by atoms with E-state index in [2.05, 4.69) is 10.4 Å². The molecule has 2 N–H and O–H groups in total. The highest BCUT2D eigenvalue weighted by Gasteiger charge is 2.21. The van der Waals surface area contributed by atoms with Gasteiger partial charge in [0, 0.05) is 13.6 Å². The maximum atomic E-state index is 12.1. The smallest absolute Gasteiger partial charge is 0.339 e. The maximum absolute atomic E-state index is 12.1. The largest absolute Gasteiger partial charge is 0.478 e. The number of hydrogen-bond donors (Lipinski definition) is 2. The predicted octanol–water partition coefficient (Wildman–Crippen LogP) is 2.36. The third-order valence-electron chi connectivity index (χ3n) is 2.82. The zero-order valence-corrected chi connectivity index (χ0v) is 12.4. The van der Waals surface area contributed by atoms with Gasteiger partial charge in [0.05, 0.1) is 16.2 Å². The van der Waals surface area contributed by atoms with Gasteiger partial charge in [-0.3, -0.25) is 9.48 Å². The summed E-state index contributed by atoms with van der Waals surface area (Å²) in [5.41, 5.74) is 0.587. The van der Waals surface area contributed by atoms with Gasteiger partial charge in [-0.2, -0.15) is 5.10 Å². The van der Waals surface area contributed by atoms with E-state index in [1.807, 2.05) is 0 Å². The number of nitrogens with zero attached hydrogens (tertiary/aromatic N) is 2. The number of carboxylic acids is 1. The minimum atomic E-state index is -1.21. The third-order valence-corrected chi connectivity index (χ3v) is 3.56. The van der Waals surface area contributed by atoms with Crippen LogP contribution in [-0.2, 0) is 13.6 Å². The molecule has 2 aromatic rings. The van der Waals surface area contributed by atoms with Crippen LogP contribution in [0.3, 0.4) is 0 Å². The first-order valence-corrected chi connectivity index (χ1v) is 6.63. The van der Waals surface area contributed by atoms with E-state index in [0.717, 1.165) is 11.8 Å². The summed E-state index contributed by atoms with van der Waals surface area (Å²) >= 11 is 11.7. The van der Waals surface area contributed by atoms with Crippen molar-refractivity contribution in [2.24, 2.45) is 7.05 Å². The Morgan fingerprint density at radius 1 is 1.33 bits per heavy atom. The summed E-state index contributed by atoms with van der Waals surface area (Å²) in [6.45, 7) is 0.194. The van der Waals surface area contributed by atoms with Gasteiger partial charge >= 0.3 is 5.97 Å². The van der Waals surface area contributed by atoms with Crippen molar-refractivity contribution in [2.45, 2.75) is 6.54 Å². The summed E-state index contributed by atoms with van der Waals surface area (Å²) in [6.07, 6.45) is 1.14. The second-order valence-electron chi connectivity index (χ2n) is 4.27. The van der Waals surface area contributed by atoms with Crippen molar-refractivity contribution in [3.8, 4) is 0 Å². The van der Waals surface area contributed by atoms with Crippen molar-refractivity contribution >= 4 is 35.1 Å². The van der Waals surface area contributed by atoms with Gasteiger partial charge in [0.1, 0.15) is 11.3 Å². The van der Waals surface area contributed by atoms with Gasteiger partial charge < -0.3 is 10.4 Å². The number of hydrogen-bond acceptors (Lipinski definition) is 3. The van der Waals surface area contributed by atoms with Crippen LogP contribution >= 0.6 is 23.2 Å². The number of aromatic nitrogens is 2. The lowest BCUT2D eigenvalue weighted by Gasteiger charge is -2.07. The Bertz CT molecular complexity index is 713. The van der Waals surface area contributed by atoms with Crippen LogP contribution in [-0.4, -0.2) is 26.8 Å². The van der Waals surface area contributed by atoms with E-state index < -0.39 is 11.9 Å². The number of amides is 1. The lowest BCUT2D eigenvalue weighted by Crippen LogP contribution is -2.27. The molecular weight excluding hydrogens is 317 g/mol. The fourth-order valence-corrected chi connectivity index (χ4v) is 2.10. The molecule has 1 aromatic heterocycles. The van der Waals surface area contributed by atoms with E-state index in [1.165, 1.54) is 11.7 Å². The van der Waals surface area contributed by atoms with Crippen molar-refractivity contribution < 1.29 is 14.7 Å². The zero-order valence-electron chi connectivity index (χ0n) is 10.9. The van der Waals surface area contributed by atoms with E-state index in [0.29, 0.717) is 10.0 Å². The molecule has 2 rings (SSSR count). The summed E-state index contributed by atoms with van der Waals surface area (Å²) in [6, 6.07) is 4.97. The van der Waals surface area contributed by atoms with E-state index in [-0.39, 0.29) is 17.8 Å². The molecule has 0 bridgehead atoms. The lowest BCUT2D eigenvalue weighted by atomic mass is 10.2. The molecule has 1 aromatic carbocycles. The number of carbonyl (C=O) groups is 2. The van der Waals surface area contributed by atoms with Gasteiger partial charge in [0.2, 0.25) is 0 Å². The monoisotopic (exact) mass is 327 g/mol. The fraction of sp³-hybridized carbons (Fsp3) is 0.154. The second-order valence-corrected chi connectivity index (χ2v) is 5.08. The highest BCUT2D eigenvalue weighted by Crippen LogP contribution is 2.22. The molecule has 0 radical (unpaired) electrons. The summed E-state index contributed by atoms with van der Waals surface area (Å²) in [5.74, 6) is -1.73. The van der Waals surface area contributed by atoms with Gasteiger partial charge in [-0.1, -0.05) is 29.3 Å². The summed E-state index contributed by atoms with van der Waals surface area (Å²) in [5, 5.41) is 16.2. The van der Waals surface area contributed by atoms with Crippen molar-refractivity contribution in [3.05, 3.63) is 51.3 Å². The Kier molecular flexibility index (Phi) is 4.50. The van der Waals surface area contributed by atoms with Crippen LogP contribution in [0.15, 0.2) is 24.4 Å². The van der Waals surface area contributed by atoms with Gasteiger partial charge in [0.15, 0.2) is 0 Å². The minimum absolute atomic E-state index is 0.0115. The summed E-state index contributed by atoms with van der Waals surface area (Å²) in [7, 11) is 1.50. The predicted molar refractivity (Wildman–Crippen MR) is 77.8 cm³/mol. The highest BCUT2D eigenvalue weighted by atomic mass is 35.5. The fourth-order valence-electron chi connectivity index (χ4n) is 1.78. The molecule has 0 spiro atoms. The van der Waals surface area contributed by atoms with Crippen molar-refractivity contribution in [3.63, 3.8) is 0 Å². The van der Waals surface area contributed by atoms with Crippen LogP contribution < -0.4 is 5.32 Å². The standard InChI is InChI=1S/C13H11Cl2N3O3/c1-18-11(8(6-17-18)13(20)21)12(19)16-5-7-2-3-9(14)10(15)4-7/h2-4,6H,5H2,1H3,(H,16,19)(H,20,21). The zero-order chi connectivity index (χ0) is 15.6. The number of benzene rings is 1. The average Bonchev–Trinajstić information content (AvgIpc) is 2.82. The summed E-state index contributed by atoms with van der Waals surface area (Å²) in [4.78, 5) is 23.1. The number of halogens is 2. The van der Waals surface area contributed by atoms with E-state index in [1.54, 1.807) is 18.2 Å². The Morgan fingerprint density at radius 3 is 2.67 bits per heavy atom. The molecule has 1 amide bonds. The van der Waals surface area contributed by atoms with Crippen LogP contribution in [0.25, 0.3) is 0 Å². The molecular formula is C13H11Cl2N3O3. The van der Waals surface area contributed by atoms with Crippen LogP contribution in [0.4, 0.5) is 0 Å². The van der Waals surface area contributed by atoms with Gasteiger partial charge in [0.25, 0.3) is 5.91 Å². The molecule has 8 heteroatoms. The van der Waals surface area contributed by atoms with Gasteiger partial charge in [-0.15, -0.1) is 0 Å². The number of aryl methyl sites for hydroxylation is 1. The van der Waals surface area contributed by atoms with Crippen molar-refractivity contribution in [1.29, 1.82) is 0 Å². The topological polar surface area (TPSA) is 84.2 Å². The molecule has 0 atom stereocenters. The van der Waals surface area contributed by atoms with Gasteiger partial charge in [-0.05, 0) is 17.7 Å². The molecule has 0 fully saturated rings. The van der Waals surface area contributed by atoms with Crippen LogP contribution in [0, 0.1) is 0 Å². The number of nitrogens with one attached hydrogen (secondary N) is 1. The number of carboxylic acid groups (broad SMARTS) is 1. The Balaban J connectivity index is 2.13. The van der Waals surface area contributed by atoms with Crippen LogP contribution in [0.1, 0.15) is 26.4 Å². The minimum Gasteiger partial charge on any atom is -0.478 e. The maximum Gasteiger partial charge on any atom is 0.339 e. The third kappa shape index (κ3) is 3.34. The van der Waals surface area contributed by atoms with Crippen molar-refractivity contribution in [2.75, 3.05) is 0 Å². The SMILES string of the molecule is Cn1ncc(C(=O)O)c1C(=O)NCc1ccc(Cl)c(Cl)c1. The Morgan fingerprint density at radius 2 is 2.05 bits per heavy atom. The molecule has 0 saturated heterocycles. The van der Waals surface area contributed by atoms with E-state index >= 15 is 0 Å². The average molecular weight is 328 g/mol. The molecule has 0 saturated carbocycles. The van der Waals surface area contributed by atoms with Crippen LogP contribution in [0.2, 0.25) is 10.0 Å². The molecule has 0 aliphatic rings. The Hall–Kier alpha value is -2.05. The number of rotatable bonds is 4. The van der Waals surface area contributed by atoms with Gasteiger partial charge in [-0.25, -0.2) is 4.79 Å². The molecule has 21 heavy (non-hydrogen) atoms. The summed E-state index contributed by atoms with van der Waals surface area (Å²) < 4.78 is 1.22. The normalized spacial score (nSPS) is 10.4. The molecule has 0 aliphatic heterocycles. The highest BCUT2D eigenvalue weighted by molar-refractivity contribution is 6.42. The molecule has 0 unspecified atom stereocenters. The first-order chi connectivity index (χ1) is 9.90. The first-order valence-electron chi connectivity index (χ1n) is 5.87. The number of aromatic carboxylic acids is 1. The van der Waals surface area contributed by atoms with E-state index in [4.69, 9.17) is 28.3 Å². The quantitative estimate of drug-likeness (QED) is 0.902. The lowest BCUT2D eigenvalue weighted by molar-refractivity contribution is 0.0690.